The van der Waals surface area contributed by atoms with Crippen molar-refractivity contribution in [3.8, 4) is 22.8 Å². The summed E-state index contributed by atoms with van der Waals surface area (Å²) in [6, 6.07) is 11.6. The number of hydrogen-bond acceptors (Lipinski definition) is 4. The minimum atomic E-state index is -0.358. The quantitative estimate of drug-likeness (QED) is 0.743. The molecule has 0 fully saturated rings. The van der Waals surface area contributed by atoms with Crippen molar-refractivity contribution >= 4 is 11.6 Å². The fourth-order valence-electron chi connectivity index (χ4n) is 2.76. The highest BCUT2D eigenvalue weighted by Crippen LogP contribution is 2.30. The molecule has 0 bridgehead atoms. The number of amides is 1. The minimum Gasteiger partial charge on any atom is -0.493 e. The largest absolute Gasteiger partial charge is 0.493 e. The summed E-state index contributed by atoms with van der Waals surface area (Å²) >= 11 is 0. The molecule has 0 radical (unpaired) electrons. The smallest absolute Gasteiger partial charge is 0.276 e. The first-order chi connectivity index (χ1) is 12.9. The average molecular weight is 369 g/mol. The van der Waals surface area contributed by atoms with Gasteiger partial charge in [0.05, 0.1) is 19.9 Å². The molecule has 140 valence electrons. The van der Waals surface area contributed by atoms with Crippen molar-refractivity contribution in [3.63, 3.8) is 0 Å². The zero-order valence-corrected chi connectivity index (χ0v) is 15.5. The lowest BCUT2D eigenvalue weighted by atomic mass is 10.1. The molecule has 0 aliphatic rings. The molecule has 27 heavy (non-hydrogen) atoms. The zero-order valence-electron chi connectivity index (χ0n) is 15.5. The number of halogens is 1. The molecule has 3 rings (SSSR count). The normalized spacial score (nSPS) is 10.6. The molecule has 6 nitrogen and oxygen atoms in total. The Kier molecular flexibility index (Phi) is 5.12. The molecule has 0 spiro atoms. The van der Waals surface area contributed by atoms with Gasteiger partial charge in [0.1, 0.15) is 5.82 Å². The van der Waals surface area contributed by atoms with Crippen molar-refractivity contribution < 1.29 is 18.7 Å². The van der Waals surface area contributed by atoms with Crippen LogP contribution in [-0.4, -0.2) is 29.9 Å². The molecule has 1 N–H and O–H groups in total. The Morgan fingerprint density at radius 2 is 1.81 bits per heavy atom. The Bertz CT molecular complexity index is 998. The number of benzene rings is 2. The number of carbonyl (C=O) groups excluding carboxylic acids is 1. The maximum atomic E-state index is 13.5. The van der Waals surface area contributed by atoms with Crippen LogP contribution in [0.3, 0.4) is 0 Å². The van der Waals surface area contributed by atoms with Crippen LogP contribution in [0.1, 0.15) is 16.1 Å². The third-order valence-corrected chi connectivity index (χ3v) is 4.21. The first-order valence-electron chi connectivity index (χ1n) is 8.27. The van der Waals surface area contributed by atoms with Crippen LogP contribution < -0.4 is 14.8 Å². The summed E-state index contributed by atoms with van der Waals surface area (Å²) in [4.78, 5) is 12.6. The van der Waals surface area contributed by atoms with Gasteiger partial charge in [-0.25, -0.2) is 4.39 Å². The second-order valence-corrected chi connectivity index (χ2v) is 6.03. The molecule has 0 saturated carbocycles. The molecule has 7 heteroatoms. The number of ether oxygens (including phenoxy) is 2. The molecule has 0 saturated heterocycles. The molecule has 0 aliphatic carbocycles. The number of nitrogens with one attached hydrogen (secondary N) is 1. The predicted molar refractivity (Wildman–Crippen MR) is 101 cm³/mol. The molecule has 3 aromatic rings. The summed E-state index contributed by atoms with van der Waals surface area (Å²) in [6.45, 7) is 1.69. The van der Waals surface area contributed by atoms with Crippen molar-refractivity contribution in [2.75, 3.05) is 19.5 Å². The summed E-state index contributed by atoms with van der Waals surface area (Å²) in [5.74, 6) is 0.455. The number of nitrogens with zero attached hydrogens (tertiary/aromatic N) is 2. The lowest BCUT2D eigenvalue weighted by Crippen LogP contribution is -2.13. The maximum Gasteiger partial charge on any atom is 0.276 e. The molecular weight excluding hydrogens is 349 g/mol. The van der Waals surface area contributed by atoms with E-state index in [1.807, 2.05) is 0 Å². The van der Waals surface area contributed by atoms with E-state index in [2.05, 4.69) is 10.4 Å². The van der Waals surface area contributed by atoms with Crippen molar-refractivity contribution in [1.29, 1.82) is 0 Å². The van der Waals surface area contributed by atoms with Crippen LogP contribution in [0.5, 0.6) is 11.5 Å². The van der Waals surface area contributed by atoms with E-state index in [0.29, 0.717) is 22.7 Å². The van der Waals surface area contributed by atoms with E-state index in [1.165, 1.54) is 13.2 Å². The van der Waals surface area contributed by atoms with E-state index >= 15 is 0 Å². The SMILES string of the molecule is COc1ccc(NC(=O)c2cc(-c3ccc(F)c(C)c3)n(C)n2)cc1OC. The average Bonchev–Trinajstić information content (AvgIpc) is 3.05. The van der Waals surface area contributed by atoms with Gasteiger partial charge in [0.2, 0.25) is 0 Å². The van der Waals surface area contributed by atoms with E-state index in [0.717, 1.165) is 11.3 Å². The fraction of sp³-hybridized carbons (Fsp3) is 0.200. The van der Waals surface area contributed by atoms with Gasteiger partial charge in [-0.3, -0.25) is 9.48 Å². The monoisotopic (exact) mass is 369 g/mol. The molecule has 0 atom stereocenters. The van der Waals surface area contributed by atoms with Gasteiger partial charge in [-0.2, -0.15) is 5.10 Å². The summed E-state index contributed by atoms with van der Waals surface area (Å²) in [5, 5.41) is 7.05. The second-order valence-electron chi connectivity index (χ2n) is 6.03. The highest BCUT2D eigenvalue weighted by molar-refractivity contribution is 6.03. The van der Waals surface area contributed by atoms with E-state index < -0.39 is 0 Å². The van der Waals surface area contributed by atoms with E-state index in [-0.39, 0.29) is 17.4 Å². The van der Waals surface area contributed by atoms with E-state index in [4.69, 9.17) is 9.47 Å². The van der Waals surface area contributed by atoms with Crippen molar-refractivity contribution in [1.82, 2.24) is 9.78 Å². The third kappa shape index (κ3) is 3.76. The van der Waals surface area contributed by atoms with Gasteiger partial charge in [0.15, 0.2) is 17.2 Å². The van der Waals surface area contributed by atoms with E-state index in [1.54, 1.807) is 62.2 Å². The van der Waals surface area contributed by atoms with Gasteiger partial charge in [-0.15, -0.1) is 0 Å². The Balaban J connectivity index is 1.85. The number of hydrogen-bond donors (Lipinski definition) is 1. The van der Waals surface area contributed by atoms with Crippen LogP contribution >= 0.6 is 0 Å². The maximum absolute atomic E-state index is 13.5. The number of anilines is 1. The fourth-order valence-corrected chi connectivity index (χ4v) is 2.76. The lowest BCUT2D eigenvalue weighted by molar-refractivity contribution is 0.102. The van der Waals surface area contributed by atoms with Crippen molar-refractivity contribution in [3.05, 3.63) is 59.5 Å². The van der Waals surface area contributed by atoms with Gasteiger partial charge in [0, 0.05) is 24.4 Å². The number of rotatable bonds is 5. The van der Waals surface area contributed by atoms with Crippen LogP contribution in [0.25, 0.3) is 11.3 Å². The van der Waals surface area contributed by atoms with Crippen molar-refractivity contribution in [2.45, 2.75) is 6.92 Å². The predicted octanol–water partition coefficient (Wildman–Crippen LogP) is 3.80. The molecule has 1 heterocycles. The molecule has 2 aromatic carbocycles. The van der Waals surface area contributed by atoms with Crippen molar-refractivity contribution in [2.24, 2.45) is 7.05 Å². The van der Waals surface area contributed by atoms with Crippen LogP contribution in [0.15, 0.2) is 42.5 Å². The number of aromatic nitrogens is 2. The Morgan fingerprint density at radius 1 is 1.07 bits per heavy atom. The highest BCUT2D eigenvalue weighted by atomic mass is 19.1. The Hall–Kier alpha value is -3.35. The summed E-state index contributed by atoms with van der Waals surface area (Å²) < 4.78 is 25.5. The lowest BCUT2D eigenvalue weighted by Gasteiger charge is -2.09. The first kappa shape index (κ1) is 18.4. The Morgan fingerprint density at radius 3 is 2.48 bits per heavy atom. The van der Waals surface area contributed by atoms with Gasteiger partial charge < -0.3 is 14.8 Å². The molecular formula is C20H20FN3O3. The number of methoxy groups -OCH3 is 2. The highest BCUT2D eigenvalue weighted by Gasteiger charge is 2.16. The zero-order chi connectivity index (χ0) is 19.6. The topological polar surface area (TPSA) is 65.4 Å². The first-order valence-corrected chi connectivity index (χ1v) is 8.27. The standard InChI is InChI=1S/C20H20FN3O3/c1-12-9-13(5-7-15(12)21)17-11-16(23-24(17)2)20(25)22-14-6-8-18(26-3)19(10-14)27-4/h5-11H,1-4H3,(H,22,25). The summed E-state index contributed by atoms with van der Waals surface area (Å²) in [5.41, 5.74) is 2.85. The number of carbonyl (C=O) groups is 1. The Labute approximate surface area is 156 Å². The van der Waals surface area contributed by atoms with Crippen LogP contribution in [0.4, 0.5) is 10.1 Å². The van der Waals surface area contributed by atoms with Gasteiger partial charge >= 0.3 is 0 Å². The van der Waals surface area contributed by atoms with Gasteiger partial charge in [0.25, 0.3) is 5.91 Å². The van der Waals surface area contributed by atoms with Gasteiger partial charge in [-0.1, -0.05) is 0 Å². The van der Waals surface area contributed by atoms with Gasteiger partial charge in [-0.05, 0) is 48.9 Å². The van der Waals surface area contributed by atoms with Crippen LogP contribution in [0, 0.1) is 12.7 Å². The number of aryl methyl sites for hydroxylation is 2. The second kappa shape index (κ2) is 7.49. The van der Waals surface area contributed by atoms with Crippen LogP contribution in [-0.2, 0) is 7.05 Å². The summed E-state index contributed by atoms with van der Waals surface area (Å²) in [7, 11) is 4.81. The third-order valence-electron chi connectivity index (χ3n) is 4.21. The van der Waals surface area contributed by atoms with Crippen LogP contribution in [0.2, 0.25) is 0 Å². The minimum absolute atomic E-state index is 0.254. The molecule has 0 unspecified atom stereocenters. The van der Waals surface area contributed by atoms with E-state index in [9.17, 15) is 9.18 Å². The molecule has 1 amide bonds. The molecule has 1 aromatic heterocycles. The molecule has 0 aliphatic heterocycles. The summed E-state index contributed by atoms with van der Waals surface area (Å²) in [6.07, 6.45) is 0.